The van der Waals surface area contributed by atoms with E-state index in [2.05, 4.69) is 15.0 Å². The quantitative estimate of drug-likeness (QED) is 0.748. The molecule has 0 aliphatic carbocycles. The number of methoxy groups -OCH3 is 1. The van der Waals surface area contributed by atoms with E-state index < -0.39 is 6.61 Å². The molecule has 0 spiro atoms. The van der Waals surface area contributed by atoms with E-state index in [0.717, 1.165) is 18.7 Å². The summed E-state index contributed by atoms with van der Waals surface area (Å²) < 4.78 is 34.2. The minimum absolute atomic E-state index is 0.0753. The highest BCUT2D eigenvalue weighted by Crippen LogP contribution is 2.29. The molecule has 2 rings (SSSR count). The molecule has 1 N–H and O–H groups in total. The first-order valence-electron chi connectivity index (χ1n) is 7.24. The fourth-order valence-electron chi connectivity index (χ4n) is 2.50. The largest absolute Gasteiger partial charge is 0.493 e. The third-order valence-corrected chi connectivity index (χ3v) is 3.58. The average molecular weight is 300 g/mol. The van der Waals surface area contributed by atoms with Gasteiger partial charge in [-0.1, -0.05) is 6.07 Å². The van der Waals surface area contributed by atoms with E-state index in [1.165, 1.54) is 33.0 Å². The Hall–Kier alpha value is -1.40. The molecule has 6 heteroatoms. The molecule has 1 heterocycles. The molecule has 1 aliphatic rings. The van der Waals surface area contributed by atoms with Crippen molar-refractivity contribution in [2.24, 2.45) is 0 Å². The highest BCUT2D eigenvalue weighted by molar-refractivity contribution is 5.42. The van der Waals surface area contributed by atoms with Crippen molar-refractivity contribution in [3.63, 3.8) is 0 Å². The Kier molecular flexibility index (Phi) is 6.20. The predicted molar refractivity (Wildman–Crippen MR) is 77.0 cm³/mol. The lowest BCUT2D eigenvalue weighted by Gasteiger charge is -2.15. The molecule has 0 amide bonds. The summed E-state index contributed by atoms with van der Waals surface area (Å²) in [4.78, 5) is 2.42. The summed E-state index contributed by atoms with van der Waals surface area (Å²) in [7, 11) is 1.43. The predicted octanol–water partition coefficient (Wildman–Crippen LogP) is 2.48. The van der Waals surface area contributed by atoms with Crippen molar-refractivity contribution >= 4 is 0 Å². The number of hydrogen-bond acceptors (Lipinski definition) is 4. The van der Waals surface area contributed by atoms with Gasteiger partial charge < -0.3 is 19.7 Å². The molecule has 1 fully saturated rings. The molecule has 0 bridgehead atoms. The van der Waals surface area contributed by atoms with Gasteiger partial charge in [-0.25, -0.2) is 0 Å². The molecule has 0 radical (unpaired) electrons. The number of alkyl halides is 2. The number of halogens is 2. The van der Waals surface area contributed by atoms with Crippen molar-refractivity contribution < 1.29 is 18.3 Å². The standard InChI is InChI=1S/C15H22F2N2O2/c1-20-13-5-4-12(10-14(13)21-15(16)17)11-18-6-9-19-7-2-3-8-19/h4-5,10,15,18H,2-3,6-9,11H2,1H3. The second kappa shape index (κ2) is 8.14. The van der Waals surface area contributed by atoms with E-state index >= 15 is 0 Å². The van der Waals surface area contributed by atoms with E-state index in [1.54, 1.807) is 12.1 Å². The Bertz CT molecular complexity index is 438. The van der Waals surface area contributed by atoms with Gasteiger partial charge in [-0.15, -0.1) is 0 Å². The lowest BCUT2D eigenvalue weighted by molar-refractivity contribution is -0.0512. The van der Waals surface area contributed by atoms with Crippen LogP contribution in [0.2, 0.25) is 0 Å². The summed E-state index contributed by atoms with van der Waals surface area (Å²) in [6, 6.07) is 5.09. The number of rotatable bonds is 8. The fraction of sp³-hybridized carbons (Fsp3) is 0.600. The topological polar surface area (TPSA) is 33.7 Å². The normalized spacial score (nSPS) is 15.6. The van der Waals surface area contributed by atoms with Crippen LogP contribution in [0.4, 0.5) is 8.78 Å². The number of nitrogens with zero attached hydrogens (tertiary/aromatic N) is 1. The van der Waals surface area contributed by atoms with Gasteiger partial charge >= 0.3 is 6.61 Å². The smallest absolute Gasteiger partial charge is 0.387 e. The summed E-state index contributed by atoms with van der Waals surface area (Å²) in [5.41, 5.74) is 0.896. The number of nitrogens with one attached hydrogen (secondary N) is 1. The van der Waals surface area contributed by atoms with Crippen molar-refractivity contribution in [3.8, 4) is 11.5 Å². The third-order valence-electron chi connectivity index (χ3n) is 3.58. The van der Waals surface area contributed by atoms with Gasteiger partial charge in [0, 0.05) is 19.6 Å². The van der Waals surface area contributed by atoms with Gasteiger partial charge in [-0.05, 0) is 43.6 Å². The van der Waals surface area contributed by atoms with Crippen LogP contribution in [-0.2, 0) is 6.54 Å². The van der Waals surface area contributed by atoms with Crippen LogP contribution >= 0.6 is 0 Å². The molecule has 1 aromatic rings. The monoisotopic (exact) mass is 300 g/mol. The zero-order valence-electron chi connectivity index (χ0n) is 12.3. The van der Waals surface area contributed by atoms with Gasteiger partial charge in [0.1, 0.15) is 0 Å². The zero-order valence-corrected chi connectivity index (χ0v) is 12.3. The van der Waals surface area contributed by atoms with Crippen LogP contribution in [0.25, 0.3) is 0 Å². The minimum atomic E-state index is -2.85. The summed E-state index contributed by atoms with van der Waals surface area (Å²) >= 11 is 0. The first-order valence-corrected chi connectivity index (χ1v) is 7.24. The average Bonchev–Trinajstić information content (AvgIpc) is 2.96. The lowest BCUT2D eigenvalue weighted by Crippen LogP contribution is -2.29. The first-order chi connectivity index (χ1) is 10.2. The molecule has 0 unspecified atom stereocenters. The SMILES string of the molecule is COc1ccc(CNCCN2CCCC2)cc1OC(F)F. The second-order valence-electron chi connectivity index (χ2n) is 5.09. The first kappa shape index (κ1) is 16.0. The second-order valence-corrected chi connectivity index (χ2v) is 5.09. The fourth-order valence-corrected chi connectivity index (χ4v) is 2.50. The van der Waals surface area contributed by atoms with Crippen LogP contribution in [0.15, 0.2) is 18.2 Å². The Morgan fingerprint density at radius 3 is 2.67 bits per heavy atom. The molecule has 1 aliphatic heterocycles. The maximum absolute atomic E-state index is 12.3. The van der Waals surface area contributed by atoms with Gasteiger partial charge in [0.25, 0.3) is 0 Å². The van der Waals surface area contributed by atoms with Gasteiger partial charge in [0.15, 0.2) is 11.5 Å². The molecule has 118 valence electrons. The van der Waals surface area contributed by atoms with E-state index in [4.69, 9.17) is 4.74 Å². The summed E-state index contributed by atoms with van der Waals surface area (Å²) in [6.45, 7) is 2.04. The molecular formula is C15H22F2N2O2. The maximum Gasteiger partial charge on any atom is 0.387 e. The highest BCUT2D eigenvalue weighted by atomic mass is 19.3. The Morgan fingerprint density at radius 1 is 1.24 bits per heavy atom. The molecule has 0 atom stereocenters. The number of ether oxygens (including phenoxy) is 2. The van der Waals surface area contributed by atoms with Crippen molar-refractivity contribution in [1.82, 2.24) is 10.2 Å². The number of benzene rings is 1. The van der Waals surface area contributed by atoms with Gasteiger partial charge in [0.2, 0.25) is 0 Å². The van der Waals surface area contributed by atoms with Crippen LogP contribution in [0.3, 0.4) is 0 Å². The van der Waals surface area contributed by atoms with Crippen LogP contribution < -0.4 is 14.8 Å². The van der Waals surface area contributed by atoms with Crippen molar-refractivity contribution in [3.05, 3.63) is 23.8 Å². The molecule has 4 nitrogen and oxygen atoms in total. The van der Waals surface area contributed by atoms with Gasteiger partial charge in [-0.3, -0.25) is 0 Å². The summed E-state index contributed by atoms with van der Waals surface area (Å²) in [6.07, 6.45) is 2.57. The van der Waals surface area contributed by atoms with Crippen molar-refractivity contribution in [2.75, 3.05) is 33.3 Å². The van der Waals surface area contributed by atoms with Gasteiger partial charge in [0.05, 0.1) is 7.11 Å². The highest BCUT2D eigenvalue weighted by Gasteiger charge is 2.12. The number of likely N-dealkylation sites (tertiary alicyclic amines) is 1. The molecule has 0 aromatic heterocycles. The van der Waals surface area contributed by atoms with Crippen molar-refractivity contribution in [1.29, 1.82) is 0 Å². The Labute approximate surface area is 124 Å². The molecule has 0 saturated carbocycles. The minimum Gasteiger partial charge on any atom is -0.493 e. The van der Waals surface area contributed by atoms with Crippen LogP contribution in [-0.4, -0.2) is 44.8 Å². The zero-order chi connectivity index (χ0) is 15.1. The van der Waals surface area contributed by atoms with E-state index in [1.807, 2.05) is 6.07 Å². The molecule has 1 saturated heterocycles. The summed E-state index contributed by atoms with van der Waals surface area (Å²) in [5, 5.41) is 3.32. The van der Waals surface area contributed by atoms with E-state index in [9.17, 15) is 8.78 Å². The lowest BCUT2D eigenvalue weighted by atomic mass is 10.2. The van der Waals surface area contributed by atoms with E-state index in [-0.39, 0.29) is 5.75 Å². The van der Waals surface area contributed by atoms with Crippen LogP contribution in [0.1, 0.15) is 18.4 Å². The van der Waals surface area contributed by atoms with Gasteiger partial charge in [-0.2, -0.15) is 8.78 Å². The van der Waals surface area contributed by atoms with Crippen LogP contribution in [0.5, 0.6) is 11.5 Å². The molecular weight excluding hydrogens is 278 g/mol. The maximum atomic E-state index is 12.3. The molecule has 21 heavy (non-hydrogen) atoms. The molecule has 1 aromatic carbocycles. The Morgan fingerprint density at radius 2 is 2.00 bits per heavy atom. The third kappa shape index (κ3) is 5.13. The summed E-state index contributed by atoms with van der Waals surface area (Å²) in [5.74, 6) is 0.391. The van der Waals surface area contributed by atoms with E-state index in [0.29, 0.717) is 12.3 Å². The Balaban J connectivity index is 1.81. The van der Waals surface area contributed by atoms with Crippen LogP contribution in [0, 0.1) is 0 Å². The number of hydrogen-bond donors (Lipinski definition) is 1. The van der Waals surface area contributed by atoms with Crippen molar-refractivity contribution in [2.45, 2.75) is 26.0 Å².